The molecule has 0 aliphatic rings. The molecule has 0 aromatic heterocycles. The Bertz CT molecular complexity index is 123. The molecule has 0 saturated heterocycles. The van der Waals surface area contributed by atoms with Gasteiger partial charge in [0.15, 0.2) is 0 Å². The fourth-order valence-corrected chi connectivity index (χ4v) is 0.789. The topological polar surface area (TPSA) is 45.3 Å². The van der Waals surface area contributed by atoms with Gasteiger partial charge in [-0.1, -0.05) is 6.58 Å². The van der Waals surface area contributed by atoms with E-state index in [0.29, 0.717) is 5.76 Å². The van der Waals surface area contributed by atoms with Crippen LogP contribution in [0, 0.1) is 0 Å². The van der Waals surface area contributed by atoms with Crippen molar-refractivity contribution < 1.29 is 4.74 Å². The summed E-state index contributed by atoms with van der Waals surface area (Å²) in [7, 11) is 5.36. The normalized spacial score (nSPS) is 11.3. The number of allylic oxidation sites excluding steroid dienone is 1. The van der Waals surface area contributed by atoms with E-state index in [1.807, 2.05) is 0 Å². The third-order valence-corrected chi connectivity index (χ3v) is 1.38. The Balaban J connectivity index is 4.16. The van der Waals surface area contributed by atoms with Crippen LogP contribution in [-0.2, 0) is 4.74 Å². The number of nitrogens with one attached hydrogen (secondary N) is 3. The quantitative estimate of drug-likeness (QED) is 0.384. The van der Waals surface area contributed by atoms with E-state index < -0.39 is 5.97 Å². The van der Waals surface area contributed by atoms with Gasteiger partial charge in [0.2, 0.25) is 0 Å². The van der Waals surface area contributed by atoms with Crippen molar-refractivity contribution in [1.29, 1.82) is 0 Å². The summed E-state index contributed by atoms with van der Waals surface area (Å²) in [6, 6.07) is 0. The average molecular weight is 159 g/mol. The summed E-state index contributed by atoms with van der Waals surface area (Å²) < 4.78 is 5.36. The van der Waals surface area contributed by atoms with Crippen LogP contribution in [0.4, 0.5) is 0 Å². The lowest BCUT2D eigenvalue weighted by Crippen LogP contribution is -2.64. The molecule has 0 rings (SSSR count). The first-order valence-electron chi connectivity index (χ1n) is 3.51. The van der Waals surface area contributed by atoms with E-state index in [2.05, 4.69) is 22.5 Å². The highest BCUT2D eigenvalue weighted by Crippen LogP contribution is 2.01. The van der Waals surface area contributed by atoms with E-state index >= 15 is 0 Å². The van der Waals surface area contributed by atoms with Crippen molar-refractivity contribution in [2.24, 2.45) is 0 Å². The highest BCUT2D eigenvalue weighted by molar-refractivity contribution is 4.80. The van der Waals surface area contributed by atoms with E-state index in [9.17, 15) is 0 Å². The molecule has 0 atom stereocenters. The fraction of sp³-hybridized carbons (Fsp3) is 0.714. The van der Waals surface area contributed by atoms with Crippen LogP contribution in [0.3, 0.4) is 0 Å². The maximum Gasteiger partial charge on any atom is 0.277 e. The molecule has 0 heterocycles. The molecule has 4 nitrogen and oxygen atoms in total. The molecule has 0 fully saturated rings. The van der Waals surface area contributed by atoms with Gasteiger partial charge in [0, 0.05) is 0 Å². The molecule has 3 N–H and O–H groups in total. The van der Waals surface area contributed by atoms with Crippen molar-refractivity contribution in [3.63, 3.8) is 0 Å². The van der Waals surface area contributed by atoms with Gasteiger partial charge < -0.3 is 4.74 Å². The van der Waals surface area contributed by atoms with E-state index in [-0.39, 0.29) is 0 Å². The second kappa shape index (κ2) is 4.33. The Morgan fingerprint density at radius 3 is 1.64 bits per heavy atom. The molecule has 0 bridgehead atoms. The fourth-order valence-electron chi connectivity index (χ4n) is 0.789. The number of rotatable bonds is 5. The maximum atomic E-state index is 5.36. The summed E-state index contributed by atoms with van der Waals surface area (Å²) in [5.74, 6) is -0.0608. The van der Waals surface area contributed by atoms with E-state index in [0.717, 1.165) is 0 Å². The van der Waals surface area contributed by atoms with Crippen LogP contribution in [-0.4, -0.2) is 27.1 Å². The van der Waals surface area contributed by atoms with Crippen LogP contribution in [0.1, 0.15) is 6.92 Å². The Morgan fingerprint density at radius 2 is 1.55 bits per heavy atom. The Hall–Kier alpha value is -0.580. The lowest BCUT2D eigenvalue weighted by Gasteiger charge is -2.32. The van der Waals surface area contributed by atoms with Gasteiger partial charge in [0.05, 0.1) is 5.76 Å². The van der Waals surface area contributed by atoms with Gasteiger partial charge in [-0.3, -0.25) is 16.0 Å². The number of hydrogen-bond donors (Lipinski definition) is 3. The van der Waals surface area contributed by atoms with Gasteiger partial charge in [-0.15, -0.1) is 0 Å². The van der Waals surface area contributed by atoms with Crippen LogP contribution in [0.2, 0.25) is 0 Å². The van der Waals surface area contributed by atoms with E-state index in [1.165, 1.54) is 0 Å². The molecule has 0 spiro atoms. The highest BCUT2D eigenvalue weighted by Gasteiger charge is 2.24. The first kappa shape index (κ1) is 10.4. The summed E-state index contributed by atoms with van der Waals surface area (Å²) in [4.78, 5) is 0. The SMILES string of the molecule is C=C(C)OC(NC)(NC)NC. The van der Waals surface area contributed by atoms with Crippen molar-refractivity contribution in [2.45, 2.75) is 12.9 Å². The molecule has 0 aliphatic carbocycles. The van der Waals surface area contributed by atoms with Gasteiger partial charge in [0.25, 0.3) is 5.97 Å². The molecule has 0 aliphatic heterocycles. The predicted molar refractivity (Wildman–Crippen MR) is 45.8 cm³/mol. The number of ether oxygens (including phenoxy) is 1. The van der Waals surface area contributed by atoms with Crippen LogP contribution in [0.25, 0.3) is 0 Å². The summed E-state index contributed by atoms with van der Waals surface area (Å²) in [6.45, 7) is 5.43. The second-order valence-electron chi connectivity index (χ2n) is 2.24. The Morgan fingerprint density at radius 1 is 1.18 bits per heavy atom. The highest BCUT2D eigenvalue weighted by atomic mass is 16.5. The van der Waals surface area contributed by atoms with Gasteiger partial charge in [0.1, 0.15) is 0 Å². The largest absolute Gasteiger partial charge is 0.452 e. The van der Waals surface area contributed by atoms with Gasteiger partial charge in [-0.2, -0.15) is 0 Å². The molecule has 0 unspecified atom stereocenters. The summed E-state index contributed by atoms with van der Waals surface area (Å²) >= 11 is 0. The third-order valence-electron chi connectivity index (χ3n) is 1.38. The maximum absolute atomic E-state index is 5.36. The lowest BCUT2D eigenvalue weighted by atomic mass is 10.6. The van der Waals surface area contributed by atoms with Gasteiger partial charge in [-0.05, 0) is 28.1 Å². The van der Waals surface area contributed by atoms with Gasteiger partial charge >= 0.3 is 0 Å². The first-order chi connectivity index (χ1) is 5.10. The minimum Gasteiger partial charge on any atom is -0.452 e. The van der Waals surface area contributed by atoms with Crippen molar-refractivity contribution >= 4 is 0 Å². The van der Waals surface area contributed by atoms with Crippen LogP contribution in [0.5, 0.6) is 0 Å². The first-order valence-corrected chi connectivity index (χ1v) is 3.51. The summed E-state index contributed by atoms with van der Waals surface area (Å²) in [5, 5.41) is 8.82. The van der Waals surface area contributed by atoms with Crippen molar-refractivity contribution in [3.8, 4) is 0 Å². The molecule has 66 valence electrons. The minimum atomic E-state index is -0.703. The summed E-state index contributed by atoms with van der Waals surface area (Å²) in [6.07, 6.45) is 0. The standard InChI is InChI=1S/C7H17N3O/c1-6(2)11-7(8-3,9-4)10-5/h8-10H,1H2,2-5H3. The van der Waals surface area contributed by atoms with Crippen LogP contribution >= 0.6 is 0 Å². The minimum absolute atomic E-state index is 0.642. The van der Waals surface area contributed by atoms with E-state index in [4.69, 9.17) is 4.74 Å². The summed E-state index contributed by atoms with van der Waals surface area (Å²) in [5.41, 5.74) is 0. The molecular formula is C7H17N3O. The number of hydrogen-bond acceptors (Lipinski definition) is 4. The van der Waals surface area contributed by atoms with Crippen molar-refractivity contribution in [3.05, 3.63) is 12.3 Å². The zero-order valence-electron chi connectivity index (χ0n) is 7.62. The molecule has 0 saturated carbocycles. The smallest absolute Gasteiger partial charge is 0.277 e. The average Bonchev–Trinajstić information content (AvgIpc) is 2.00. The van der Waals surface area contributed by atoms with Gasteiger partial charge in [-0.25, -0.2) is 0 Å². The molecule has 4 heteroatoms. The lowest BCUT2D eigenvalue weighted by molar-refractivity contribution is -0.0674. The Kier molecular flexibility index (Phi) is 4.10. The molecule has 0 aromatic rings. The molecule has 11 heavy (non-hydrogen) atoms. The molecule has 0 amide bonds. The molecule has 0 aromatic carbocycles. The predicted octanol–water partition coefficient (Wildman–Crippen LogP) is -0.194. The molecular weight excluding hydrogens is 142 g/mol. The van der Waals surface area contributed by atoms with Crippen molar-refractivity contribution in [2.75, 3.05) is 21.1 Å². The Labute approximate surface area is 68.0 Å². The van der Waals surface area contributed by atoms with Crippen LogP contribution < -0.4 is 16.0 Å². The third kappa shape index (κ3) is 2.88. The molecule has 0 radical (unpaired) electrons. The zero-order valence-corrected chi connectivity index (χ0v) is 7.62. The van der Waals surface area contributed by atoms with Crippen LogP contribution in [0.15, 0.2) is 12.3 Å². The van der Waals surface area contributed by atoms with E-state index in [1.54, 1.807) is 28.1 Å². The van der Waals surface area contributed by atoms with Crippen molar-refractivity contribution in [1.82, 2.24) is 16.0 Å². The second-order valence-corrected chi connectivity index (χ2v) is 2.24. The monoisotopic (exact) mass is 159 g/mol. The zero-order chi connectivity index (χ0) is 8.91.